The molecule has 2 aromatic carbocycles. The molecule has 2 saturated heterocycles. The summed E-state index contributed by atoms with van der Waals surface area (Å²) in [6.07, 6.45) is 1.79. The van der Waals surface area contributed by atoms with Gasteiger partial charge < -0.3 is 4.74 Å². The summed E-state index contributed by atoms with van der Waals surface area (Å²) >= 11 is 8.44. The molecule has 0 amide bonds. The lowest BCUT2D eigenvalue weighted by molar-refractivity contribution is -0.845. The number of esters is 1. The number of thioether (sulfide) groups is 1. The first-order valence-corrected chi connectivity index (χ1v) is 12.0. The highest BCUT2D eigenvalue weighted by Gasteiger charge is 2.82. The maximum Gasteiger partial charge on any atom is 0.309 e. The minimum atomic E-state index is -0.101. The molecule has 2 aromatic rings. The molecule has 0 radical (unpaired) electrons. The Balaban J connectivity index is 1.70. The predicted molar refractivity (Wildman–Crippen MR) is 117 cm³/mol. The number of quaternary nitrogens is 1. The second-order valence-corrected chi connectivity index (χ2v) is 9.87. The molecule has 1 spiro atoms. The Labute approximate surface area is 182 Å². The lowest BCUT2D eigenvalue weighted by Crippen LogP contribution is -2.41. The molecule has 3 unspecified atom stereocenters. The largest absolute Gasteiger partial charge is 0.466 e. The van der Waals surface area contributed by atoms with Crippen molar-refractivity contribution in [3.05, 3.63) is 64.2 Å². The van der Waals surface area contributed by atoms with Gasteiger partial charge in [-0.1, -0.05) is 35.9 Å². The van der Waals surface area contributed by atoms with Gasteiger partial charge in [0.15, 0.2) is 6.04 Å². The average molecular weight is 429 g/mol. The average Bonchev–Trinajstić information content (AvgIpc) is 3.39. The first-order chi connectivity index (χ1) is 14.1. The van der Waals surface area contributed by atoms with E-state index in [0.717, 1.165) is 41.2 Å². The molecule has 29 heavy (non-hydrogen) atoms. The fraction of sp³-hybridized carbons (Fsp3) is 0.458. The monoisotopic (exact) mass is 428 g/mol. The number of fused-ring (bicyclic) bond motifs is 7. The van der Waals surface area contributed by atoms with E-state index >= 15 is 0 Å². The van der Waals surface area contributed by atoms with E-state index in [-0.39, 0.29) is 17.4 Å². The first kappa shape index (κ1) is 19.5. The molecule has 5 rings (SSSR count). The number of hydrogen-bond donors (Lipinski definition) is 0. The lowest BCUT2D eigenvalue weighted by Gasteiger charge is -2.30. The molecular weight excluding hydrogens is 402 g/mol. The zero-order valence-corrected chi connectivity index (χ0v) is 18.6. The number of hydrogen-bond acceptors (Lipinski definition) is 3. The van der Waals surface area contributed by atoms with Crippen LogP contribution < -0.4 is 0 Å². The van der Waals surface area contributed by atoms with Crippen molar-refractivity contribution in [2.45, 2.75) is 48.9 Å². The summed E-state index contributed by atoms with van der Waals surface area (Å²) in [5.74, 6) is 0.957. The van der Waals surface area contributed by atoms with Crippen LogP contribution in [0.3, 0.4) is 0 Å². The first-order valence-electron chi connectivity index (χ1n) is 10.6. The summed E-state index contributed by atoms with van der Waals surface area (Å²) in [7, 11) is 0. The van der Waals surface area contributed by atoms with Crippen LogP contribution in [0.1, 0.15) is 43.4 Å². The Hall–Kier alpha value is -1.49. The molecule has 2 fully saturated rings. The molecule has 0 bridgehead atoms. The molecule has 4 atom stereocenters. The molecule has 3 aliphatic heterocycles. The molecule has 0 saturated carbocycles. The Bertz CT molecular complexity index is 979. The van der Waals surface area contributed by atoms with Gasteiger partial charge in [-0.25, -0.2) is 0 Å². The van der Waals surface area contributed by atoms with E-state index in [2.05, 4.69) is 43.3 Å². The highest BCUT2D eigenvalue weighted by Crippen LogP contribution is 2.68. The second kappa shape index (κ2) is 7.04. The van der Waals surface area contributed by atoms with Gasteiger partial charge in [-0.15, -0.1) is 11.8 Å². The molecule has 0 N–H and O–H groups in total. The van der Waals surface area contributed by atoms with Gasteiger partial charge in [0.05, 0.1) is 25.6 Å². The minimum absolute atomic E-state index is 0.00262. The molecular formula is C24H27ClNO2S+. The third-order valence-corrected chi connectivity index (χ3v) is 8.80. The number of benzene rings is 2. The number of halogens is 1. The van der Waals surface area contributed by atoms with E-state index in [9.17, 15) is 4.79 Å². The van der Waals surface area contributed by atoms with Crippen molar-refractivity contribution >= 4 is 29.3 Å². The quantitative estimate of drug-likeness (QED) is 0.373. The van der Waals surface area contributed by atoms with E-state index in [1.807, 2.05) is 24.8 Å². The van der Waals surface area contributed by atoms with Gasteiger partial charge >= 0.3 is 5.97 Å². The molecule has 5 heteroatoms. The lowest BCUT2D eigenvalue weighted by atomic mass is 9.82. The summed E-state index contributed by atoms with van der Waals surface area (Å²) < 4.78 is 6.44. The van der Waals surface area contributed by atoms with Crippen molar-refractivity contribution in [3.63, 3.8) is 0 Å². The molecule has 3 nitrogen and oxygen atoms in total. The van der Waals surface area contributed by atoms with E-state index < -0.39 is 0 Å². The fourth-order valence-corrected chi connectivity index (χ4v) is 7.53. The van der Waals surface area contributed by atoms with Crippen LogP contribution in [0.25, 0.3) is 0 Å². The van der Waals surface area contributed by atoms with Crippen LogP contribution in [-0.4, -0.2) is 36.2 Å². The van der Waals surface area contributed by atoms with Crippen LogP contribution in [0.2, 0.25) is 5.02 Å². The summed E-state index contributed by atoms with van der Waals surface area (Å²) in [6, 6.07) is 15.7. The van der Waals surface area contributed by atoms with Gasteiger partial charge in [-0.3, -0.25) is 9.28 Å². The van der Waals surface area contributed by atoms with Crippen LogP contribution in [0.4, 0.5) is 0 Å². The number of nitrogens with zero attached hydrogens (tertiary/aromatic N) is 1. The van der Waals surface area contributed by atoms with Gasteiger partial charge in [0, 0.05) is 39.6 Å². The Morgan fingerprint density at radius 3 is 2.86 bits per heavy atom. The zero-order chi connectivity index (χ0) is 20.2. The van der Waals surface area contributed by atoms with E-state index in [0.29, 0.717) is 12.6 Å². The van der Waals surface area contributed by atoms with Crippen LogP contribution in [0, 0.1) is 5.92 Å². The minimum Gasteiger partial charge on any atom is -0.466 e. The smallest absolute Gasteiger partial charge is 0.309 e. The number of piperidine rings is 1. The Morgan fingerprint density at radius 2 is 2.07 bits per heavy atom. The van der Waals surface area contributed by atoms with Gasteiger partial charge in [0.1, 0.15) is 0 Å². The van der Waals surface area contributed by atoms with Crippen molar-refractivity contribution in [2.24, 2.45) is 5.92 Å². The van der Waals surface area contributed by atoms with E-state index in [1.54, 1.807) is 0 Å². The molecule has 3 aliphatic rings. The summed E-state index contributed by atoms with van der Waals surface area (Å²) in [5.41, 5.74) is 4.11. The molecule has 0 aliphatic carbocycles. The summed E-state index contributed by atoms with van der Waals surface area (Å²) in [6.45, 7) is 6.72. The highest BCUT2D eigenvalue weighted by molar-refractivity contribution is 7.98. The van der Waals surface area contributed by atoms with Gasteiger partial charge in [0.2, 0.25) is 5.54 Å². The van der Waals surface area contributed by atoms with Gasteiger partial charge in [-0.2, -0.15) is 0 Å². The third-order valence-electron chi connectivity index (χ3n) is 7.45. The molecule has 0 aromatic heterocycles. The van der Waals surface area contributed by atoms with Crippen molar-refractivity contribution in [1.29, 1.82) is 0 Å². The summed E-state index contributed by atoms with van der Waals surface area (Å²) in [4.78, 5) is 13.9. The number of rotatable bonds is 3. The van der Waals surface area contributed by atoms with Crippen molar-refractivity contribution in [2.75, 3.05) is 19.7 Å². The standard InChI is InChI=1S/C24H27ClNO2S/c1-3-26-12-11-16(23(27)28-4-2)13-22(26)24(26)19-8-6-5-7-17(19)15-29-21-10-9-18(25)14-20(21)24/h5-10,14,16,22H,3-4,11-13,15H2,1-2H3/q+1/t16?,22?,24-,26?/m1/s1. The summed E-state index contributed by atoms with van der Waals surface area (Å²) in [5, 5.41) is 0.796. The van der Waals surface area contributed by atoms with Crippen LogP contribution in [0.15, 0.2) is 47.4 Å². The molecule has 152 valence electrons. The number of carbonyl (C=O) groups excluding carboxylic acids is 1. The SMILES string of the molecule is CCOC(=O)C1CC[N+]2(CC)C(C1)[C@]21c2ccccc2CSc2ccc(Cl)cc21. The van der Waals surface area contributed by atoms with Crippen molar-refractivity contribution in [3.8, 4) is 0 Å². The second-order valence-electron chi connectivity index (χ2n) is 8.42. The maximum absolute atomic E-state index is 12.6. The van der Waals surface area contributed by atoms with Crippen LogP contribution in [0.5, 0.6) is 0 Å². The zero-order valence-electron chi connectivity index (χ0n) is 17.0. The fourth-order valence-electron chi connectivity index (χ4n) is 6.27. The normalized spacial score (nSPS) is 32.0. The van der Waals surface area contributed by atoms with Gasteiger partial charge in [0.25, 0.3) is 0 Å². The Kier molecular flexibility index (Phi) is 4.73. The van der Waals surface area contributed by atoms with Gasteiger partial charge in [-0.05, 0) is 37.6 Å². The number of ether oxygens (including phenoxy) is 1. The van der Waals surface area contributed by atoms with Crippen LogP contribution in [-0.2, 0) is 20.8 Å². The third kappa shape index (κ3) is 2.58. The predicted octanol–water partition coefficient (Wildman–Crippen LogP) is 5.38. The van der Waals surface area contributed by atoms with Crippen molar-refractivity contribution in [1.82, 2.24) is 0 Å². The molecule has 3 heterocycles. The maximum atomic E-state index is 12.6. The van der Waals surface area contributed by atoms with E-state index in [4.69, 9.17) is 16.3 Å². The number of likely N-dealkylation sites (N-methyl/N-ethyl adjacent to an activating group) is 1. The topological polar surface area (TPSA) is 26.3 Å². The number of carbonyl (C=O) groups is 1. The highest BCUT2D eigenvalue weighted by atomic mass is 35.5. The van der Waals surface area contributed by atoms with E-state index in [1.165, 1.54) is 21.6 Å². The van der Waals surface area contributed by atoms with Crippen molar-refractivity contribution < 1.29 is 14.0 Å². The Morgan fingerprint density at radius 1 is 1.24 bits per heavy atom. The van der Waals surface area contributed by atoms with Crippen LogP contribution >= 0.6 is 23.4 Å².